The Kier molecular flexibility index (Phi) is 15.7. The molecule has 0 radical (unpaired) electrons. The van der Waals surface area contributed by atoms with Crippen LogP contribution in [0, 0.1) is 0 Å². The van der Waals surface area contributed by atoms with E-state index in [4.69, 9.17) is 22.9 Å². The number of anilines is 1. The normalized spacial score (nSPS) is 29.0. The van der Waals surface area contributed by atoms with E-state index in [9.17, 15) is 0 Å². The Morgan fingerprint density at radius 1 is 0.700 bits per heavy atom. The summed E-state index contributed by atoms with van der Waals surface area (Å²) in [5.41, 5.74) is 2.83. The maximum Gasteiger partial charge on any atom is 4.00 e. The molecule has 8 rings (SSSR count). The molecule has 8 nitrogen and oxygen atoms in total. The first-order chi connectivity index (χ1) is 24.0. The third-order valence-corrected chi connectivity index (χ3v) is 11.9. The summed E-state index contributed by atoms with van der Waals surface area (Å²) in [6, 6.07) is 5.49. The zero-order valence-corrected chi connectivity index (χ0v) is 33.3. The Labute approximate surface area is 320 Å². The number of allylic oxidation sites excluding steroid dienone is 2. The van der Waals surface area contributed by atoms with Crippen LogP contribution in [-0.2, 0) is 19.5 Å². The minimum Gasteiger partial charge on any atom is -0.665 e. The summed E-state index contributed by atoms with van der Waals surface area (Å²) < 4.78 is 0. The molecular formula is C40H60N8RuS. The van der Waals surface area contributed by atoms with E-state index in [0.717, 1.165) is 64.3 Å². The minimum absolute atomic E-state index is 0. The number of fused-ring (bicyclic) bond motifs is 3. The van der Waals surface area contributed by atoms with Crippen molar-refractivity contribution < 1.29 is 19.5 Å². The Morgan fingerprint density at radius 2 is 1.28 bits per heavy atom. The fourth-order valence-corrected chi connectivity index (χ4v) is 9.11. The molecule has 5 fully saturated rings. The number of hydrogen-bond acceptors (Lipinski definition) is 3. The number of hydrogen-bond donors (Lipinski definition) is 1. The van der Waals surface area contributed by atoms with Gasteiger partial charge in [-0.2, -0.15) is 12.4 Å². The van der Waals surface area contributed by atoms with E-state index in [1.165, 1.54) is 103 Å². The van der Waals surface area contributed by atoms with Gasteiger partial charge >= 0.3 is 19.5 Å². The standard InChI is InChI=1S/C18H18N4S.2C11H21N2.Ru/c1-12-5-4-10-22(12)18(23)21-15-11-13-6-2-8-19-16(13)17-14(15)7-3-9-20-17;2*1-13-9-5-3-7-11(13)10-6-2-4-8-12-10;/h2-3,6-9,11-12H,4-5,10H2,1H3,(H,21,23);2*10-11H,2-9H2,1H3;/q-2;2*-1;+4. The molecule has 7 heterocycles. The third-order valence-electron chi connectivity index (χ3n) is 11.6. The minimum atomic E-state index is 0. The van der Waals surface area contributed by atoms with Crippen molar-refractivity contribution in [1.82, 2.24) is 14.7 Å². The molecule has 1 aromatic carbocycles. The quantitative estimate of drug-likeness (QED) is 0.247. The predicted octanol–water partition coefficient (Wildman–Crippen LogP) is 8.29. The van der Waals surface area contributed by atoms with Crippen molar-refractivity contribution in [2.45, 2.75) is 127 Å². The number of nitrogens with zero attached hydrogens (tertiary/aromatic N) is 7. The first kappa shape index (κ1) is 39.4. The monoisotopic (exact) mass is 786 g/mol. The van der Waals surface area contributed by atoms with E-state index < -0.39 is 0 Å². The number of benzene rings is 1. The van der Waals surface area contributed by atoms with Gasteiger partial charge in [0.25, 0.3) is 0 Å². The first-order valence-corrected chi connectivity index (χ1v) is 19.8. The molecule has 7 aliphatic rings. The molecule has 274 valence electrons. The largest absolute Gasteiger partial charge is 4.00 e. The number of nitrogens with one attached hydrogen (secondary N) is 1. The van der Waals surface area contributed by atoms with Gasteiger partial charge in [0.2, 0.25) is 0 Å². The van der Waals surface area contributed by atoms with Gasteiger partial charge in [-0.05, 0) is 113 Å². The molecule has 7 aliphatic heterocycles. The van der Waals surface area contributed by atoms with Crippen LogP contribution in [0.3, 0.4) is 0 Å². The van der Waals surface area contributed by atoms with Gasteiger partial charge in [0, 0.05) is 18.3 Å². The molecule has 5 atom stereocenters. The SMILES string of the molecule is CC1CCCN1C(=S)Nc1cc2c(c3c1=CC=C[N-]3)[N-]C=CC=2.CN1CCCCC1C1CCCC[N-]1.CN1CCCCC1C1CCCC[N-]1.[Ru+4]. The topological polar surface area (TPSA) is 78.2 Å². The van der Waals surface area contributed by atoms with Crippen molar-refractivity contribution in [3.63, 3.8) is 0 Å². The number of likely N-dealkylation sites (N-methyl/N-ethyl adjacent to an activating group) is 2. The fourth-order valence-electron chi connectivity index (χ4n) is 8.73. The molecule has 5 saturated heterocycles. The molecule has 5 unspecified atom stereocenters. The van der Waals surface area contributed by atoms with Crippen LogP contribution in [0.5, 0.6) is 0 Å². The summed E-state index contributed by atoms with van der Waals surface area (Å²) in [6.45, 7) is 8.07. The average Bonchev–Trinajstić information content (AvgIpc) is 3.59. The Hall–Kier alpha value is -1.81. The Balaban J connectivity index is 0.000000155. The molecule has 0 aromatic heterocycles. The summed E-state index contributed by atoms with van der Waals surface area (Å²) in [4.78, 5) is 7.33. The number of thiocarbonyl (C=S) groups is 1. The van der Waals surface area contributed by atoms with E-state index in [0.29, 0.717) is 18.1 Å². The molecule has 50 heavy (non-hydrogen) atoms. The zero-order chi connectivity index (χ0) is 34.0. The molecular weight excluding hydrogens is 726 g/mol. The molecule has 0 saturated carbocycles. The van der Waals surface area contributed by atoms with Crippen LogP contribution in [-0.4, -0.2) is 96.8 Å². The first-order valence-electron chi connectivity index (χ1n) is 19.4. The fraction of sp³-hybridized carbons (Fsp3) is 0.675. The van der Waals surface area contributed by atoms with Gasteiger partial charge in [-0.3, -0.25) is 0 Å². The van der Waals surface area contributed by atoms with Gasteiger partial charge in [-0.1, -0.05) is 75.7 Å². The Bertz CT molecular complexity index is 1380. The maximum atomic E-state index is 5.64. The van der Waals surface area contributed by atoms with Crippen molar-refractivity contribution in [2.24, 2.45) is 0 Å². The van der Waals surface area contributed by atoms with Gasteiger partial charge in [0.15, 0.2) is 5.11 Å². The smallest absolute Gasteiger partial charge is 0.665 e. The summed E-state index contributed by atoms with van der Waals surface area (Å²) in [6.07, 6.45) is 30.5. The molecule has 0 bridgehead atoms. The van der Waals surface area contributed by atoms with Gasteiger partial charge in [-0.25, -0.2) is 0 Å². The van der Waals surface area contributed by atoms with E-state index in [1.807, 2.05) is 12.2 Å². The van der Waals surface area contributed by atoms with E-state index >= 15 is 0 Å². The van der Waals surface area contributed by atoms with Gasteiger partial charge < -0.3 is 41.3 Å². The summed E-state index contributed by atoms with van der Waals surface area (Å²) >= 11 is 5.64. The van der Waals surface area contributed by atoms with Crippen molar-refractivity contribution in [1.29, 1.82) is 0 Å². The number of piperidine rings is 4. The van der Waals surface area contributed by atoms with Crippen LogP contribution in [0.15, 0.2) is 30.6 Å². The van der Waals surface area contributed by atoms with Gasteiger partial charge in [0.1, 0.15) is 0 Å². The Morgan fingerprint density at radius 3 is 1.82 bits per heavy atom. The average molecular weight is 786 g/mol. The van der Waals surface area contributed by atoms with E-state index in [2.05, 4.69) is 69.9 Å². The molecule has 0 spiro atoms. The second-order valence-electron chi connectivity index (χ2n) is 15.0. The molecule has 0 amide bonds. The summed E-state index contributed by atoms with van der Waals surface area (Å²) in [7, 11) is 4.54. The molecule has 0 aliphatic carbocycles. The van der Waals surface area contributed by atoms with Crippen molar-refractivity contribution >= 4 is 46.5 Å². The van der Waals surface area contributed by atoms with Gasteiger partial charge in [0.05, 0.1) is 0 Å². The maximum absolute atomic E-state index is 5.64. The van der Waals surface area contributed by atoms with Crippen LogP contribution >= 0.6 is 12.2 Å². The molecule has 1 N–H and O–H groups in total. The zero-order valence-electron chi connectivity index (χ0n) is 30.8. The number of likely N-dealkylation sites (tertiary alicyclic amines) is 3. The van der Waals surface area contributed by atoms with Crippen LogP contribution < -0.4 is 15.8 Å². The van der Waals surface area contributed by atoms with E-state index in [1.54, 1.807) is 12.4 Å². The van der Waals surface area contributed by atoms with Crippen molar-refractivity contribution in [3.05, 3.63) is 62.3 Å². The van der Waals surface area contributed by atoms with Crippen LogP contribution in [0.1, 0.15) is 96.8 Å². The van der Waals surface area contributed by atoms with Crippen LogP contribution in [0.4, 0.5) is 17.1 Å². The molecule has 10 heteroatoms. The van der Waals surface area contributed by atoms with Gasteiger partial charge in [-0.15, -0.1) is 36.5 Å². The van der Waals surface area contributed by atoms with Crippen molar-refractivity contribution in [3.8, 4) is 0 Å². The molecule has 1 aromatic rings. The summed E-state index contributed by atoms with van der Waals surface area (Å²) in [5, 5.41) is 24.9. The summed E-state index contributed by atoms with van der Waals surface area (Å²) in [5.74, 6) is 0. The second-order valence-corrected chi connectivity index (χ2v) is 15.4. The van der Waals surface area contributed by atoms with Crippen molar-refractivity contribution in [2.75, 3.05) is 52.1 Å². The van der Waals surface area contributed by atoms with Crippen LogP contribution in [0.25, 0.3) is 33.4 Å². The third kappa shape index (κ3) is 10.2. The second kappa shape index (κ2) is 19.9. The predicted molar refractivity (Wildman–Crippen MR) is 213 cm³/mol. The van der Waals surface area contributed by atoms with Crippen LogP contribution in [0.2, 0.25) is 0 Å². The number of rotatable bonds is 3. The van der Waals surface area contributed by atoms with E-state index in [-0.39, 0.29) is 19.5 Å².